The maximum Gasteiger partial charge on any atom is 0.308 e. The van der Waals surface area contributed by atoms with Gasteiger partial charge in [-0.3, -0.25) is 9.59 Å². The van der Waals surface area contributed by atoms with Crippen molar-refractivity contribution < 1.29 is 14.3 Å². The summed E-state index contributed by atoms with van der Waals surface area (Å²) in [5, 5.41) is 0.610. The molecular formula is C19H14ClNO3. The van der Waals surface area contributed by atoms with Crippen LogP contribution in [0.3, 0.4) is 0 Å². The van der Waals surface area contributed by atoms with Crippen molar-refractivity contribution in [2.75, 3.05) is 5.88 Å². The van der Waals surface area contributed by atoms with Crippen LogP contribution >= 0.6 is 11.6 Å². The Morgan fingerprint density at radius 1 is 1.08 bits per heavy atom. The van der Waals surface area contributed by atoms with Crippen LogP contribution in [0.2, 0.25) is 0 Å². The highest BCUT2D eigenvalue weighted by molar-refractivity contribution is 6.32. The van der Waals surface area contributed by atoms with Crippen molar-refractivity contribution in [2.45, 2.75) is 6.92 Å². The quantitative estimate of drug-likeness (QED) is 0.308. The average Bonchev–Trinajstić information content (AvgIpc) is 2.61. The van der Waals surface area contributed by atoms with E-state index in [-0.39, 0.29) is 11.7 Å². The minimum absolute atomic E-state index is 0.134. The van der Waals surface area contributed by atoms with E-state index in [2.05, 4.69) is 4.98 Å². The van der Waals surface area contributed by atoms with Crippen molar-refractivity contribution in [1.82, 2.24) is 4.98 Å². The SMILES string of the molecule is CC(=O)Oc1cccc2c(C(=O)CCl)cc(-c3ccccc3)nc12. The molecular weight excluding hydrogens is 326 g/mol. The Hall–Kier alpha value is -2.72. The number of aromatic nitrogens is 1. The fraction of sp³-hybridized carbons (Fsp3) is 0.105. The van der Waals surface area contributed by atoms with Crippen LogP contribution in [0.4, 0.5) is 0 Å². The molecule has 1 aromatic heterocycles. The number of fused-ring (bicyclic) bond motifs is 1. The Labute approximate surface area is 144 Å². The van der Waals surface area contributed by atoms with Gasteiger partial charge >= 0.3 is 5.97 Å². The number of para-hydroxylation sites is 1. The first-order chi connectivity index (χ1) is 11.6. The molecule has 1 heterocycles. The molecule has 0 aliphatic carbocycles. The summed E-state index contributed by atoms with van der Waals surface area (Å²) in [5.74, 6) is -0.465. The van der Waals surface area contributed by atoms with Crippen LogP contribution in [0.1, 0.15) is 17.3 Å². The first kappa shape index (κ1) is 16.1. The molecule has 0 aliphatic heterocycles. The second-order valence-electron chi connectivity index (χ2n) is 5.22. The lowest BCUT2D eigenvalue weighted by Gasteiger charge is -2.11. The Bertz CT molecular complexity index is 923. The highest BCUT2D eigenvalue weighted by Crippen LogP contribution is 2.31. The lowest BCUT2D eigenvalue weighted by Crippen LogP contribution is -2.06. The molecule has 24 heavy (non-hydrogen) atoms. The van der Waals surface area contributed by atoms with Gasteiger partial charge in [0.1, 0.15) is 5.52 Å². The predicted octanol–water partition coefficient (Wildman–Crippen LogP) is 4.25. The van der Waals surface area contributed by atoms with Crippen molar-refractivity contribution >= 4 is 34.3 Å². The number of hydrogen-bond acceptors (Lipinski definition) is 4. The number of nitrogens with zero attached hydrogens (tertiary/aromatic N) is 1. The Morgan fingerprint density at radius 3 is 2.50 bits per heavy atom. The zero-order valence-electron chi connectivity index (χ0n) is 13.0. The minimum atomic E-state index is -0.445. The van der Waals surface area contributed by atoms with Crippen LogP contribution in [0.25, 0.3) is 22.2 Å². The molecule has 0 unspecified atom stereocenters. The Kier molecular flexibility index (Phi) is 4.58. The number of pyridine rings is 1. The number of carbonyl (C=O) groups excluding carboxylic acids is 2. The molecule has 4 nitrogen and oxygen atoms in total. The summed E-state index contributed by atoms with van der Waals surface area (Å²) in [4.78, 5) is 28.2. The van der Waals surface area contributed by atoms with E-state index in [1.807, 2.05) is 30.3 Å². The van der Waals surface area contributed by atoms with Gasteiger partial charge in [-0.15, -0.1) is 11.6 Å². The number of halogens is 1. The summed E-state index contributed by atoms with van der Waals surface area (Å²) in [6.07, 6.45) is 0. The summed E-state index contributed by atoms with van der Waals surface area (Å²) in [6.45, 7) is 1.32. The molecule has 2 aromatic carbocycles. The largest absolute Gasteiger partial charge is 0.424 e. The third-order valence-electron chi connectivity index (χ3n) is 3.55. The third kappa shape index (κ3) is 3.14. The average molecular weight is 340 g/mol. The van der Waals surface area contributed by atoms with E-state index in [0.29, 0.717) is 27.9 Å². The van der Waals surface area contributed by atoms with Crippen LogP contribution < -0.4 is 4.74 Å². The first-order valence-electron chi connectivity index (χ1n) is 7.37. The number of Topliss-reactive ketones (excluding diaryl/α,β-unsaturated/α-hetero) is 1. The summed E-state index contributed by atoms with van der Waals surface area (Å²) in [6, 6.07) is 16.3. The Balaban J connectivity index is 2.31. The number of esters is 1. The van der Waals surface area contributed by atoms with E-state index in [1.54, 1.807) is 24.3 Å². The van der Waals surface area contributed by atoms with Crippen LogP contribution in [-0.4, -0.2) is 22.6 Å². The van der Waals surface area contributed by atoms with E-state index < -0.39 is 5.97 Å². The molecule has 120 valence electrons. The lowest BCUT2D eigenvalue weighted by atomic mass is 10.0. The van der Waals surface area contributed by atoms with Gasteiger partial charge in [-0.1, -0.05) is 42.5 Å². The minimum Gasteiger partial charge on any atom is -0.424 e. The molecule has 0 N–H and O–H groups in total. The number of hydrogen-bond donors (Lipinski definition) is 0. The topological polar surface area (TPSA) is 56.3 Å². The van der Waals surface area contributed by atoms with Crippen molar-refractivity contribution in [3.63, 3.8) is 0 Å². The van der Waals surface area contributed by atoms with Crippen LogP contribution in [0.15, 0.2) is 54.6 Å². The highest BCUT2D eigenvalue weighted by atomic mass is 35.5. The first-order valence-corrected chi connectivity index (χ1v) is 7.90. The number of ketones is 1. The zero-order valence-corrected chi connectivity index (χ0v) is 13.7. The third-order valence-corrected chi connectivity index (χ3v) is 3.79. The van der Waals surface area contributed by atoms with Crippen molar-refractivity contribution in [3.05, 3.63) is 60.2 Å². The lowest BCUT2D eigenvalue weighted by molar-refractivity contribution is -0.131. The Morgan fingerprint density at radius 2 is 1.83 bits per heavy atom. The number of benzene rings is 2. The van der Waals surface area contributed by atoms with E-state index >= 15 is 0 Å². The number of carbonyl (C=O) groups is 2. The van der Waals surface area contributed by atoms with E-state index in [0.717, 1.165) is 5.56 Å². The van der Waals surface area contributed by atoms with Gasteiger partial charge in [-0.05, 0) is 12.1 Å². The standard InChI is InChI=1S/C19H14ClNO3/c1-12(22)24-18-9-5-8-14-15(17(23)11-20)10-16(21-19(14)18)13-6-3-2-4-7-13/h2-10H,11H2,1H3. The molecule has 3 aromatic rings. The molecule has 0 atom stereocenters. The fourth-order valence-electron chi connectivity index (χ4n) is 2.52. The van der Waals surface area contributed by atoms with Gasteiger partial charge in [0.05, 0.1) is 11.6 Å². The number of alkyl halides is 1. The number of rotatable bonds is 4. The molecule has 5 heteroatoms. The van der Waals surface area contributed by atoms with Gasteiger partial charge in [0, 0.05) is 23.4 Å². The molecule has 0 aliphatic rings. The van der Waals surface area contributed by atoms with Gasteiger partial charge in [0.15, 0.2) is 11.5 Å². The van der Waals surface area contributed by atoms with Crippen LogP contribution in [0, 0.1) is 0 Å². The smallest absolute Gasteiger partial charge is 0.308 e. The predicted molar refractivity (Wildman–Crippen MR) is 93.5 cm³/mol. The summed E-state index contributed by atoms with van der Waals surface area (Å²) in [7, 11) is 0. The van der Waals surface area contributed by atoms with E-state index in [1.165, 1.54) is 6.92 Å². The van der Waals surface area contributed by atoms with Crippen molar-refractivity contribution in [2.24, 2.45) is 0 Å². The van der Waals surface area contributed by atoms with Gasteiger partial charge in [-0.2, -0.15) is 0 Å². The molecule has 0 saturated carbocycles. The molecule has 0 bridgehead atoms. The maximum absolute atomic E-state index is 12.3. The van der Waals surface area contributed by atoms with Crippen molar-refractivity contribution in [3.8, 4) is 17.0 Å². The summed E-state index contributed by atoms with van der Waals surface area (Å²) >= 11 is 5.75. The molecule has 0 amide bonds. The summed E-state index contributed by atoms with van der Waals surface area (Å²) in [5.41, 5.74) is 2.40. The van der Waals surface area contributed by atoms with Gasteiger partial charge in [0.25, 0.3) is 0 Å². The maximum atomic E-state index is 12.3. The fourth-order valence-corrected chi connectivity index (χ4v) is 2.66. The normalized spacial score (nSPS) is 10.6. The summed E-state index contributed by atoms with van der Waals surface area (Å²) < 4.78 is 5.24. The molecule has 0 spiro atoms. The number of ether oxygens (including phenoxy) is 1. The van der Waals surface area contributed by atoms with Crippen LogP contribution in [-0.2, 0) is 4.79 Å². The van der Waals surface area contributed by atoms with Gasteiger partial charge in [0.2, 0.25) is 0 Å². The van der Waals surface area contributed by atoms with E-state index in [9.17, 15) is 9.59 Å². The van der Waals surface area contributed by atoms with Crippen molar-refractivity contribution in [1.29, 1.82) is 0 Å². The highest BCUT2D eigenvalue weighted by Gasteiger charge is 2.16. The monoisotopic (exact) mass is 339 g/mol. The van der Waals surface area contributed by atoms with Gasteiger partial charge < -0.3 is 4.74 Å². The molecule has 0 radical (unpaired) electrons. The molecule has 0 saturated heterocycles. The van der Waals surface area contributed by atoms with Gasteiger partial charge in [-0.25, -0.2) is 4.98 Å². The second kappa shape index (κ2) is 6.81. The molecule has 0 fully saturated rings. The molecule has 3 rings (SSSR count). The zero-order chi connectivity index (χ0) is 17.1. The second-order valence-corrected chi connectivity index (χ2v) is 5.49. The van der Waals surface area contributed by atoms with E-state index in [4.69, 9.17) is 16.3 Å². The van der Waals surface area contributed by atoms with Crippen LogP contribution in [0.5, 0.6) is 5.75 Å².